The van der Waals surface area contributed by atoms with Crippen LogP contribution in [0.15, 0.2) is 24.3 Å². The molecule has 144 valence electrons. The zero-order valence-corrected chi connectivity index (χ0v) is 16.3. The molecule has 26 heavy (non-hydrogen) atoms. The molecule has 1 aromatic carbocycles. The normalized spacial score (nSPS) is 21.3. The van der Waals surface area contributed by atoms with Crippen molar-refractivity contribution in [2.45, 2.75) is 38.6 Å². The van der Waals surface area contributed by atoms with Crippen molar-refractivity contribution in [2.24, 2.45) is 0 Å². The van der Waals surface area contributed by atoms with Gasteiger partial charge in [-0.2, -0.15) is 0 Å². The first-order valence-electron chi connectivity index (χ1n) is 9.58. The molecule has 2 aliphatic heterocycles. The molecule has 1 saturated heterocycles. The standard InChI is InChI=1S/C19H29N3O3S/c1-2-22(17-10-14-26(24,25)15-17)19(23)20-11-6-13-21-12-5-8-16-7-3-4-9-18(16)21/h3-4,7,9,17H,2,5-6,8,10-15H2,1H3,(H,20,23)/t17-/m1/s1. The van der Waals surface area contributed by atoms with Crippen LogP contribution in [-0.4, -0.2) is 63.1 Å². The molecule has 3 rings (SSSR count). The summed E-state index contributed by atoms with van der Waals surface area (Å²) < 4.78 is 23.3. The van der Waals surface area contributed by atoms with Crippen LogP contribution in [0.4, 0.5) is 10.5 Å². The molecule has 0 spiro atoms. The largest absolute Gasteiger partial charge is 0.371 e. The van der Waals surface area contributed by atoms with Crippen molar-refractivity contribution in [3.63, 3.8) is 0 Å². The molecule has 2 amide bonds. The number of rotatable bonds is 6. The number of benzene rings is 1. The summed E-state index contributed by atoms with van der Waals surface area (Å²) in [5, 5.41) is 2.97. The summed E-state index contributed by atoms with van der Waals surface area (Å²) in [5.41, 5.74) is 2.72. The molecule has 0 aliphatic carbocycles. The molecule has 1 atom stereocenters. The Morgan fingerprint density at radius 1 is 1.35 bits per heavy atom. The van der Waals surface area contributed by atoms with Gasteiger partial charge in [0.1, 0.15) is 0 Å². The van der Waals surface area contributed by atoms with Crippen LogP contribution in [0.5, 0.6) is 0 Å². The van der Waals surface area contributed by atoms with Crippen LogP contribution >= 0.6 is 0 Å². The Balaban J connectivity index is 1.45. The molecule has 0 radical (unpaired) electrons. The summed E-state index contributed by atoms with van der Waals surface area (Å²) in [6.45, 7) is 5.02. The number of hydrogen-bond donors (Lipinski definition) is 1. The van der Waals surface area contributed by atoms with Crippen LogP contribution < -0.4 is 10.2 Å². The molecule has 1 N–H and O–H groups in total. The first kappa shape index (κ1) is 19.0. The second kappa shape index (κ2) is 8.29. The van der Waals surface area contributed by atoms with E-state index in [0.29, 0.717) is 19.5 Å². The van der Waals surface area contributed by atoms with Gasteiger partial charge in [-0.15, -0.1) is 0 Å². The zero-order valence-electron chi connectivity index (χ0n) is 15.5. The molecule has 0 bridgehead atoms. The van der Waals surface area contributed by atoms with Crippen molar-refractivity contribution in [2.75, 3.05) is 42.6 Å². The predicted molar refractivity (Wildman–Crippen MR) is 104 cm³/mol. The van der Waals surface area contributed by atoms with Gasteiger partial charge < -0.3 is 15.1 Å². The summed E-state index contributed by atoms with van der Waals surface area (Å²) >= 11 is 0. The predicted octanol–water partition coefficient (Wildman–Crippen LogP) is 2.05. The number of anilines is 1. The number of nitrogens with one attached hydrogen (secondary N) is 1. The van der Waals surface area contributed by atoms with Gasteiger partial charge in [-0.05, 0) is 44.2 Å². The van der Waals surface area contributed by atoms with E-state index in [1.807, 2.05) is 6.92 Å². The topological polar surface area (TPSA) is 69.7 Å². The fraction of sp³-hybridized carbons (Fsp3) is 0.632. The van der Waals surface area contributed by atoms with E-state index in [9.17, 15) is 13.2 Å². The Hall–Kier alpha value is -1.76. The third-order valence-corrected chi connectivity index (χ3v) is 7.09. The second-order valence-corrected chi connectivity index (χ2v) is 9.38. The Labute approximate surface area is 156 Å². The lowest BCUT2D eigenvalue weighted by Crippen LogP contribution is -2.47. The summed E-state index contributed by atoms with van der Waals surface area (Å²) in [5.74, 6) is 0.286. The molecule has 0 saturated carbocycles. The number of carbonyl (C=O) groups is 1. The van der Waals surface area contributed by atoms with Crippen molar-refractivity contribution >= 4 is 21.6 Å². The number of aryl methyl sites for hydroxylation is 1. The Morgan fingerprint density at radius 3 is 2.88 bits per heavy atom. The van der Waals surface area contributed by atoms with Gasteiger partial charge in [0, 0.05) is 37.9 Å². The highest BCUT2D eigenvalue weighted by molar-refractivity contribution is 7.91. The molecular formula is C19H29N3O3S. The Morgan fingerprint density at radius 2 is 2.15 bits per heavy atom. The molecule has 0 unspecified atom stereocenters. The smallest absolute Gasteiger partial charge is 0.317 e. The maximum absolute atomic E-state index is 12.4. The number of sulfone groups is 1. The highest BCUT2D eigenvalue weighted by Gasteiger charge is 2.33. The first-order chi connectivity index (χ1) is 12.5. The van der Waals surface area contributed by atoms with Crippen LogP contribution in [0, 0.1) is 0 Å². The fourth-order valence-electron chi connectivity index (χ4n) is 4.00. The number of carbonyl (C=O) groups excluding carboxylic acids is 1. The third kappa shape index (κ3) is 4.50. The molecule has 1 fully saturated rings. The number of nitrogens with zero attached hydrogens (tertiary/aromatic N) is 2. The van der Waals surface area contributed by atoms with Gasteiger partial charge in [0.2, 0.25) is 0 Å². The second-order valence-electron chi connectivity index (χ2n) is 7.15. The van der Waals surface area contributed by atoms with Gasteiger partial charge in [0.15, 0.2) is 9.84 Å². The molecule has 2 aliphatic rings. The van der Waals surface area contributed by atoms with Crippen LogP contribution in [0.3, 0.4) is 0 Å². The molecule has 6 nitrogen and oxygen atoms in total. The van der Waals surface area contributed by atoms with Crippen molar-refractivity contribution in [1.29, 1.82) is 0 Å². The average Bonchev–Trinajstić information content (AvgIpc) is 2.99. The van der Waals surface area contributed by atoms with Gasteiger partial charge in [-0.3, -0.25) is 0 Å². The van der Waals surface area contributed by atoms with E-state index in [4.69, 9.17) is 0 Å². The van der Waals surface area contributed by atoms with Crippen LogP contribution in [0.25, 0.3) is 0 Å². The number of urea groups is 1. The van der Waals surface area contributed by atoms with E-state index < -0.39 is 9.84 Å². The van der Waals surface area contributed by atoms with E-state index in [1.165, 1.54) is 17.7 Å². The van der Waals surface area contributed by atoms with Gasteiger partial charge in [-0.25, -0.2) is 13.2 Å². The van der Waals surface area contributed by atoms with Gasteiger partial charge >= 0.3 is 6.03 Å². The molecule has 1 aromatic rings. The van der Waals surface area contributed by atoms with Gasteiger partial charge in [0.25, 0.3) is 0 Å². The van der Waals surface area contributed by atoms with Crippen LogP contribution in [0.2, 0.25) is 0 Å². The van der Waals surface area contributed by atoms with Crippen molar-refractivity contribution < 1.29 is 13.2 Å². The van der Waals surface area contributed by atoms with Crippen molar-refractivity contribution in [3.05, 3.63) is 29.8 Å². The molecule has 2 heterocycles. The minimum Gasteiger partial charge on any atom is -0.371 e. The number of hydrogen-bond acceptors (Lipinski definition) is 4. The lowest BCUT2D eigenvalue weighted by molar-refractivity contribution is 0.184. The Kier molecular flexibility index (Phi) is 6.06. The zero-order chi connectivity index (χ0) is 18.6. The number of amides is 2. The number of fused-ring (bicyclic) bond motifs is 1. The van der Waals surface area contributed by atoms with E-state index in [0.717, 1.165) is 25.9 Å². The summed E-state index contributed by atoms with van der Waals surface area (Å²) in [7, 11) is -2.98. The highest BCUT2D eigenvalue weighted by atomic mass is 32.2. The minimum absolute atomic E-state index is 0.0961. The van der Waals surface area contributed by atoms with Crippen LogP contribution in [0.1, 0.15) is 31.7 Å². The molecular weight excluding hydrogens is 350 g/mol. The van der Waals surface area contributed by atoms with Crippen LogP contribution in [-0.2, 0) is 16.3 Å². The maximum Gasteiger partial charge on any atom is 0.317 e. The van der Waals surface area contributed by atoms with Crippen molar-refractivity contribution in [1.82, 2.24) is 10.2 Å². The fourth-order valence-corrected chi connectivity index (χ4v) is 5.73. The molecule has 7 heteroatoms. The lowest BCUT2D eigenvalue weighted by atomic mass is 10.0. The van der Waals surface area contributed by atoms with Gasteiger partial charge in [-0.1, -0.05) is 18.2 Å². The average molecular weight is 380 g/mol. The van der Waals surface area contributed by atoms with E-state index in [1.54, 1.807) is 4.90 Å². The van der Waals surface area contributed by atoms with E-state index in [-0.39, 0.29) is 23.6 Å². The lowest BCUT2D eigenvalue weighted by Gasteiger charge is -2.31. The van der Waals surface area contributed by atoms with E-state index in [2.05, 4.69) is 34.5 Å². The highest BCUT2D eigenvalue weighted by Crippen LogP contribution is 2.26. The van der Waals surface area contributed by atoms with Crippen molar-refractivity contribution in [3.8, 4) is 0 Å². The van der Waals surface area contributed by atoms with Gasteiger partial charge in [0.05, 0.1) is 11.5 Å². The quantitative estimate of drug-likeness (QED) is 0.768. The summed E-state index contributed by atoms with van der Waals surface area (Å²) in [4.78, 5) is 16.5. The SMILES string of the molecule is CCN(C(=O)NCCCN1CCCc2ccccc21)[C@@H]1CCS(=O)(=O)C1. The number of para-hydroxylation sites is 1. The monoisotopic (exact) mass is 379 g/mol. The Bertz CT molecular complexity index is 735. The summed E-state index contributed by atoms with van der Waals surface area (Å²) in [6.07, 6.45) is 3.73. The van der Waals surface area contributed by atoms with E-state index >= 15 is 0 Å². The third-order valence-electron chi connectivity index (χ3n) is 5.34. The first-order valence-corrected chi connectivity index (χ1v) is 11.4. The summed E-state index contributed by atoms with van der Waals surface area (Å²) in [6, 6.07) is 8.20. The minimum atomic E-state index is -2.98. The molecule has 0 aromatic heterocycles. The maximum atomic E-state index is 12.4.